The summed E-state index contributed by atoms with van der Waals surface area (Å²) in [5.74, 6) is -5.31. The molecule has 0 aliphatic heterocycles. The molecule has 0 aliphatic rings. The van der Waals surface area contributed by atoms with Crippen molar-refractivity contribution in [3.8, 4) is 17.2 Å². The van der Waals surface area contributed by atoms with Gasteiger partial charge in [0.15, 0.2) is 0 Å². The molecule has 0 radical (unpaired) electrons. The molecule has 0 heterocycles. The summed E-state index contributed by atoms with van der Waals surface area (Å²) >= 11 is 0. The van der Waals surface area contributed by atoms with Crippen LogP contribution in [0.4, 0.5) is 0 Å². The van der Waals surface area contributed by atoms with E-state index in [0.717, 1.165) is 0 Å². The van der Waals surface area contributed by atoms with Gasteiger partial charge in [0, 0.05) is 19.3 Å². The summed E-state index contributed by atoms with van der Waals surface area (Å²) in [4.78, 5) is 75.5. The van der Waals surface area contributed by atoms with Crippen molar-refractivity contribution in [2.75, 3.05) is 19.8 Å². The average Bonchev–Trinajstić information content (AvgIpc) is 3.09. The van der Waals surface area contributed by atoms with E-state index in [-0.39, 0.29) is 53.2 Å². The normalized spacial score (nSPS) is 10.7. The van der Waals surface area contributed by atoms with Crippen LogP contribution in [0.5, 0.6) is 17.2 Å². The SMILES string of the molecule is CCC(=O)Oc1ccccc1C(=O)OCC(CO)(COC(=O)c1ccccc1OC(=O)CC)OC(=O)c1ccccc1OC(=O)CC. The van der Waals surface area contributed by atoms with Gasteiger partial charge in [0.05, 0.1) is 6.61 Å². The Bertz CT molecular complexity index is 1530. The predicted octanol–water partition coefficient (Wildman–Crippen LogP) is 4.23. The fourth-order valence-electron chi connectivity index (χ4n) is 3.78. The molecule has 3 aromatic rings. The number of aliphatic hydroxyl groups excluding tert-OH is 1. The minimum absolute atomic E-state index is 0.0138. The van der Waals surface area contributed by atoms with E-state index < -0.39 is 61.2 Å². The summed E-state index contributed by atoms with van der Waals surface area (Å²) in [6.07, 6.45) is 0.0855. The van der Waals surface area contributed by atoms with Crippen LogP contribution in [0.1, 0.15) is 71.1 Å². The summed E-state index contributed by atoms with van der Waals surface area (Å²) in [5.41, 5.74) is -2.70. The molecule has 13 nitrogen and oxygen atoms in total. The average molecular weight is 651 g/mol. The van der Waals surface area contributed by atoms with Gasteiger partial charge >= 0.3 is 35.8 Å². The molecule has 0 amide bonds. The van der Waals surface area contributed by atoms with E-state index in [9.17, 15) is 33.9 Å². The molecule has 0 aromatic heterocycles. The lowest BCUT2D eigenvalue weighted by atomic mass is 10.1. The third-order valence-corrected chi connectivity index (χ3v) is 6.39. The van der Waals surface area contributed by atoms with E-state index >= 15 is 0 Å². The molecule has 3 aromatic carbocycles. The molecule has 0 atom stereocenters. The zero-order valence-corrected chi connectivity index (χ0v) is 26.0. The second kappa shape index (κ2) is 17.2. The van der Waals surface area contributed by atoms with Gasteiger partial charge in [0.1, 0.15) is 47.2 Å². The molecule has 0 saturated carbocycles. The van der Waals surface area contributed by atoms with Crippen molar-refractivity contribution in [2.45, 2.75) is 45.6 Å². The monoisotopic (exact) mass is 650 g/mol. The van der Waals surface area contributed by atoms with Gasteiger partial charge < -0.3 is 33.5 Å². The Balaban J connectivity index is 1.93. The number of carbonyl (C=O) groups excluding carboxylic acids is 6. The van der Waals surface area contributed by atoms with E-state index in [1.54, 1.807) is 20.8 Å². The molecule has 3 rings (SSSR count). The maximum absolute atomic E-state index is 13.4. The fraction of sp³-hybridized carbons (Fsp3) is 0.294. The van der Waals surface area contributed by atoms with Crippen molar-refractivity contribution in [2.24, 2.45) is 0 Å². The fourth-order valence-corrected chi connectivity index (χ4v) is 3.78. The number of benzene rings is 3. The van der Waals surface area contributed by atoms with Crippen LogP contribution in [-0.2, 0) is 28.6 Å². The third kappa shape index (κ3) is 9.96. The topological polar surface area (TPSA) is 178 Å². The van der Waals surface area contributed by atoms with Crippen LogP contribution in [-0.4, -0.2) is 66.3 Å². The summed E-state index contributed by atoms with van der Waals surface area (Å²) in [6.45, 7) is 1.99. The molecule has 1 N–H and O–H groups in total. The number of ether oxygens (including phenoxy) is 6. The van der Waals surface area contributed by atoms with Crippen LogP contribution >= 0.6 is 0 Å². The minimum Gasteiger partial charge on any atom is -0.457 e. The molecule has 47 heavy (non-hydrogen) atoms. The van der Waals surface area contributed by atoms with Gasteiger partial charge in [-0.05, 0) is 36.4 Å². The highest BCUT2D eigenvalue weighted by Crippen LogP contribution is 2.26. The summed E-state index contributed by atoms with van der Waals surface area (Å²) < 4.78 is 32.1. The molecule has 0 unspecified atom stereocenters. The van der Waals surface area contributed by atoms with Gasteiger partial charge in [-0.25, -0.2) is 14.4 Å². The number of esters is 6. The second-order valence-corrected chi connectivity index (χ2v) is 9.85. The number of hydrogen-bond acceptors (Lipinski definition) is 13. The van der Waals surface area contributed by atoms with Crippen molar-refractivity contribution in [1.29, 1.82) is 0 Å². The van der Waals surface area contributed by atoms with E-state index in [1.807, 2.05) is 0 Å². The Morgan fingerprint density at radius 2 is 0.851 bits per heavy atom. The summed E-state index contributed by atoms with van der Waals surface area (Å²) in [7, 11) is 0. The smallest absolute Gasteiger partial charge is 0.342 e. The van der Waals surface area contributed by atoms with Crippen molar-refractivity contribution < 1.29 is 62.3 Å². The largest absolute Gasteiger partial charge is 0.457 e. The number of hydrogen-bond donors (Lipinski definition) is 1. The van der Waals surface area contributed by atoms with Crippen LogP contribution in [0.15, 0.2) is 72.8 Å². The van der Waals surface area contributed by atoms with E-state index in [0.29, 0.717) is 0 Å². The van der Waals surface area contributed by atoms with E-state index in [2.05, 4.69) is 0 Å². The molecule has 13 heteroatoms. The summed E-state index contributed by atoms with van der Waals surface area (Å²) in [6, 6.07) is 17.1. The minimum atomic E-state index is -2.20. The lowest BCUT2D eigenvalue weighted by molar-refractivity contribution is -0.135. The highest BCUT2D eigenvalue weighted by molar-refractivity contribution is 5.95. The number of para-hydroxylation sites is 3. The van der Waals surface area contributed by atoms with Crippen LogP contribution in [0.3, 0.4) is 0 Å². The Kier molecular flexibility index (Phi) is 13.2. The van der Waals surface area contributed by atoms with Crippen molar-refractivity contribution in [1.82, 2.24) is 0 Å². The first kappa shape index (κ1) is 35.9. The first-order chi connectivity index (χ1) is 22.6. The van der Waals surface area contributed by atoms with Crippen LogP contribution in [0.25, 0.3) is 0 Å². The highest BCUT2D eigenvalue weighted by Gasteiger charge is 2.39. The Morgan fingerprint density at radius 3 is 1.17 bits per heavy atom. The van der Waals surface area contributed by atoms with Crippen LogP contribution in [0, 0.1) is 0 Å². The second-order valence-electron chi connectivity index (χ2n) is 9.85. The first-order valence-electron chi connectivity index (χ1n) is 14.6. The van der Waals surface area contributed by atoms with E-state index in [4.69, 9.17) is 28.4 Å². The molecule has 0 aliphatic carbocycles. The van der Waals surface area contributed by atoms with Gasteiger partial charge in [0.25, 0.3) is 0 Å². The summed E-state index contributed by atoms with van der Waals surface area (Å²) in [5, 5.41) is 10.5. The molecule has 0 spiro atoms. The van der Waals surface area contributed by atoms with Gasteiger partial charge in [-0.3, -0.25) is 14.4 Å². The predicted molar refractivity (Wildman–Crippen MR) is 163 cm³/mol. The molecule has 0 saturated heterocycles. The molecular weight excluding hydrogens is 616 g/mol. The lowest BCUT2D eigenvalue weighted by Gasteiger charge is -2.31. The van der Waals surface area contributed by atoms with Crippen LogP contribution in [0.2, 0.25) is 0 Å². The van der Waals surface area contributed by atoms with Crippen molar-refractivity contribution in [3.63, 3.8) is 0 Å². The van der Waals surface area contributed by atoms with Gasteiger partial charge in [-0.1, -0.05) is 57.2 Å². The van der Waals surface area contributed by atoms with E-state index in [1.165, 1.54) is 72.8 Å². The maximum Gasteiger partial charge on any atom is 0.342 e. The molecule has 0 bridgehead atoms. The van der Waals surface area contributed by atoms with Gasteiger partial charge in [0.2, 0.25) is 5.60 Å². The molecule has 248 valence electrons. The van der Waals surface area contributed by atoms with Gasteiger partial charge in [-0.15, -0.1) is 0 Å². The first-order valence-corrected chi connectivity index (χ1v) is 14.6. The van der Waals surface area contributed by atoms with Crippen LogP contribution < -0.4 is 14.2 Å². The Labute approximate surface area is 270 Å². The standard InChI is InChI=1S/C34H34O13/c1-4-28(36)44-25-16-10-7-13-22(25)31(39)42-20-34(19-35,47-33(41)24-15-9-12-18-27(24)46-30(38)6-3)21-43-32(40)23-14-8-11-17-26(23)45-29(37)5-2/h7-18,35H,4-6,19-21H2,1-3H3. The third-order valence-electron chi connectivity index (χ3n) is 6.39. The van der Waals surface area contributed by atoms with Gasteiger partial charge in [-0.2, -0.15) is 0 Å². The Morgan fingerprint density at radius 1 is 0.532 bits per heavy atom. The number of carbonyl (C=O) groups is 6. The maximum atomic E-state index is 13.4. The zero-order chi connectivity index (χ0) is 34.4. The lowest BCUT2D eigenvalue weighted by Crippen LogP contribution is -2.49. The number of aliphatic hydroxyl groups is 1. The zero-order valence-electron chi connectivity index (χ0n) is 26.0. The quantitative estimate of drug-likeness (QED) is 0.140. The number of rotatable bonds is 15. The van der Waals surface area contributed by atoms with Crippen molar-refractivity contribution >= 4 is 35.8 Å². The molecular formula is C34H34O13. The highest BCUT2D eigenvalue weighted by atomic mass is 16.6. The Hall–Kier alpha value is -5.56. The molecule has 0 fully saturated rings. The van der Waals surface area contributed by atoms with Crippen molar-refractivity contribution in [3.05, 3.63) is 89.5 Å².